The summed E-state index contributed by atoms with van der Waals surface area (Å²) >= 11 is 0. The zero-order valence-electron chi connectivity index (χ0n) is 25.1. The third-order valence-corrected chi connectivity index (χ3v) is 8.32. The molecule has 0 N–H and O–H groups in total. The fourth-order valence-corrected chi connectivity index (χ4v) is 5.97. The first-order chi connectivity index (χ1) is 22.8. The van der Waals surface area contributed by atoms with Crippen LogP contribution in [0.5, 0.6) is 0 Å². The van der Waals surface area contributed by atoms with Crippen molar-refractivity contribution in [3.05, 3.63) is 176 Å². The molecule has 8 rings (SSSR count). The minimum Gasteiger partial charge on any atom is -0.208 e. The molecule has 0 radical (unpaired) electrons. The molecule has 1 heterocycles. The van der Waals surface area contributed by atoms with E-state index < -0.39 is 0 Å². The summed E-state index contributed by atoms with van der Waals surface area (Å²) in [4.78, 5) is 14.8. The summed E-state index contributed by atoms with van der Waals surface area (Å²) in [7, 11) is 0. The number of fused-ring (bicyclic) bond motifs is 1. The molecule has 3 heteroatoms. The summed E-state index contributed by atoms with van der Waals surface area (Å²) in [6.45, 7) is 0. The van der Waals surface area contributed by atoms with Crippen molar-refractivity contribution >= 4 is 10.8 Å². The molecule has 0 bridgehead atoms. The van der Waals surface area contributed by atoms with Gasteiger partial charge in [-0.3, -0.25) is 0 Å². The predicted molar refractivity (Wildman–Crippen MR) is 190 cm³/mol. The van der Waals surface area contributed by atoms with E-state index in [9.17, 15) is 0 Å². The van der Waals surface area contributed by atoms with Crippen LogP contribution in [0.25, 0.3) is 78.3 Å². The maximum Gasteiger partial charge on any atom is 0.164 e. The number of hydrogen-bond donors (Lipinski definition) is 0. The van der Waals surface area contributed by atoms with Gasteiger partial charge in [-0.1, -0.05) is 158 Å². The molecule has 0 aliphatic heterocycles. The van der Waals surface area contributed by atoms with Crippen LogP contribution in [0, 0.1) is 0 Å². The molecule has 0 saturated heterocycles. The molecule has 0 saturated carbocycles. The Morgan fingerprint density at radius 2 is 0.717 bits per heavy atom. The lowest BCUT2D eigenvalue weighted by molar-refractivity contribution is 1.07. The fraction of sp³-hybridized carbons (Fsp3) is 0. The Labute approximate surface area is 268 Å². The Morgan fingerprint density at radius 1 is 0.239 bits per heavy atom. The number of hydrogen-bond acceptors (Lipinski definition) is 3. The maximum atomic E-state index is 4.98. The van der Waals surface area contributed by atoms with E-state index in [0.29, 0.717) is 17.5 Å². The van der Waals surface area contributed by atoms with Gasteiger partial charge in [-0.05, 0) is 62.4 Å². The third kappa shape index (κ3) is 5.47. The monoisotopic (exact) mass is 587 g/mol. The van der Waals surface area contributed by atoms with E-state index >= 15 is 0 Å². The minimum absolute atomic E-state index is 0.641. The van der Waals surface area contributed by atoms with Crippen molar-refractivity contribution in [2.24, 2.45) is 0 Å². The highest BCUT2D eigenvalue weighted by atomic mass is 15.0. The quantitative estimate of drug-likeness (QED) is 0.194. The van der Waals surface area contributed by atoms with Crippen LogP contribution < -0.4 is 0 Å². The highest BCUT2D eigenvalue weighted by molar-refractivity contribution is 5.93. The van der Waals surface area contributed by atoms with E-state index in [2.05, 4.69) is 115 Å². The van der Waals surface area contributed by atoms with E-state index in [0.717, 1.165) is 27.8 Å². The first-order valence-electron chi connectivity index (χ1n) is 15.4. The lowest BCUT2D eigenvalue weighted by Crippen LogP contribution is -2.00. The lowest BCUT2D eigenvalue weighted by atomic mass is 9.89. The smallest absolute Gasteiger partial charge is 0.164 e. The largest absolute Gasteiger partial charge is 0.208 e. The molecule has 3 nitrogen and oxygen atoms in total. The van der Waals surface area contributed by atoms with Crippen LogP contribution in [0.4, 0.5) is 0 Å². The van der Waals surface area contributed by atoms with Crippen molar-refractivity contribution < 1.29 is 0 Å². The average molecular weight is 588 g/mol. The second-order valence-electron chi connectivity index (χ2n) is 11.3. The molecule has 0 amide bonds. The van der Waals surface area contributed by atoms with Crippen LogP contribution in [0.3, 0.4) is 0 Å². The van der Waals surface area contributed by atoms with Gasteiger partial charge in [0.15, 0.2) is 17.5 Å². The molecule has 7 aromatic carbocycles. The Bertz CT molecular complexity index is 2240. The van der Waals surface area contributed by atoms with Crippen LogP contribution in [-0.4, -0.2) is 15.0 Å². The first kappa shape index (κ1) is 27.4. The summed E-state index contributed by atoms with van der Waals surface area (Å²) in [5, 5.41) is 2.45. The molecule has 0 aliphatic carbocycles. The normalized spacial score (nSPS) is 11.0. The maximum absolute atomic E-state index is 4.98. The zero-order valence-corrected chi connectivity index (χ0v) is 25.1. The van der Waals surface area contributed by atoms with Gasteiger partial charge in [0.05, 0.1) is 0 Å². The van der Waals surface area contributed by atoms with Crippen molar-refractivity contribution in [3.63, 3.8) is 0 Å². The van der Waals surface area contributed by atoms with Crippen LogP contribution in [0.2, 0.25) is 0 Å². The lowest BCUT2D eigenvalue weighted by Gasteiger charge is -2.15. The van der Waals surface area contributed by atoms with Crippen molar-refractivity contribution in [3.8, 4) is 67.5 Å². The number of aromatic nitrogens is 3. The Balaban J connectivity index is 1.29. The first-order valence-corrected chi connectivity index (χ1v) is 15.4. The van der Waals surface area contributed by atoms with Crippen molar-refractivity contribution in [2.45, 2.75) is 0 Å². The summed E-state index contributed by atoms with van der Waals surface area (Å²) in [6, 6.07) is 61.3. The van der Waals surface area contributed by atoms with Gasteiger partial charge in [-0.25, -0.2) is 15.0 Å². The van der Waals surface area contributed by atoms with E-state index in [1.165, 1.54) is 33.0 Å². The molecular weight excluding hydrogens is 558 g/mol. The van der Waals surface area contributed by atoms with Gasteiger partial charge in [0, 0.05) is 16.7 Å². The van der Waals surface area contributed by atoms with Crippen LogP contribution in [0.15, 0.2) is 176 Å². The highest BCUT2D eigenvalue weighted by Crippen LogP contribution is 2.38. The molecule has 8 aromatic rings. The standard InChI is InChI=1S/C43H29N3/c1-4-13-30(14-5-1)35-25-26-39(40(29-35)37-24-23-31-15-10-11-20-34(31)27-37)36-21-12-22-38(28-36)43-45-41(32-16-6-2-7-17-32)44-42(46-43)33-18-8-3-9-19-33/h1-29H. The summed E-state index contributed by atoms with van der Waals surface area (Å²) in [6.07, 6.45) is 0. The van der Waals surface area contributed by atoms with Crippen LogP contribution in [-0.2, 0) is 0 Å². The third-order valence-electron chi connectivity index (χ3n) is 8.32. The van der Waals surface area contributed by atoms with Gasteiger partial charge in [0.1, 0.15) is 0 Å². The van der Waals surface area contributed by atoms with E-state index in [1.54, 1.807) is 0 Å². The molecule has 1 aromatic heterocycles. The average Bonchev–Trinajstić information content (AvgIpc) is 3.15. The van der Waals surface area contributed by atoms with E-state index in [-0.39, 0.29) is 0 Å². The van der Waals surface area contributed by atoms with E-state index in [4.69, 9.17) is 15.0 Å². The number of nitrogens with zero attached hydrogens (tertiary/aromatic N) is 3. The van der Waals surface area contributed by atoms with Crippen LogP contribution in [0.1, 0.15) is 0 Å². The molecule has 0 spiro atoms. The van der Waals surface area contributed by atoms with Gasteiger partial charge in [-0.2, -0.15) is 0 Å². The van der Waals surface area contributed by atoms with Crippen molar-refractivity contribution in [2.75, 3.05) is 0 Å². The van der Waals surface area contributed by atoms with Crippen molar-refractivity contribution in [1.29, 1.82) is 0 Å². The predicted octanol–water partition coefficient (Wildman–Crippen LogP) is 11.0. The molecule has 46 heavy (non-hydrogen) atoms. The highest BCUT2D eigenvalue weighted by Gasteiger charge is 2.15. The molecular formula is C43H29N3. The van der Waals surface area contributed by atoms with Gasteiger partial charge in [0.25, 0.3) is 0 Å². The summed E-state index contributed by atoms with van der Waals surface area (Å²) < 4.78 is 0. The zero-order chi connectivity index (χ0) is 30.7. The van der Waals surface area contributed by atoms with Gasteiger partial charge in [0.2, 0.25) is 0 Å². The van der Waals surface area contributed by atoms with Gasteiger partial charge < -0.3 is 0 Å². The molecule has 216 valence electrons. The molecule has 0 atom stereocenters. The summed E-state index contributed by atoms with van der Waals surface area (Å²) in [5.74, 6) is 1.94. The van der Waals surface area contributed by atoms with Gasteiger partial charge >= 0.3 is 0 Å². The second kappa shape index (κ2) is 12.1. The summed E-state index contributed by atoms with van der Waals surface area (Å²) in [5.41, 5.74) is 9.82. The molecule has 0 aliphatic rings. The van der Waals surface area contributed by atoms with Crippen molar-refractivity contribution in [1.82, 2.24) is 15.0 Å². The number of rotatable bonds is 6. The Hall–Kier alpha value is -6.19. The molecule has 0 unspecified atom stereocenters. The Kier molecular flexibility index (Phi) is 7.18. The SMILES string of the molecule is c1ccc(-c2ccc(-c3cccc(-c4nc(-c5ccccc5)nc(-c5ccccc5)n4)c3)c(-c3ccc4ccccc4c3)c2)cc1. The Morgan fingerprint density at radius 3 is 1.37 bits per heavy atom. The van der Waals surface area contributed by atoms with Crippen LogP contribution >= 0.6 is 0 Å². The second-order valence-corrected chi connectivity index (χ2v) is 11.3. The fourth-order valence-electron chi connectivity index (χ4n) is 5.97. The molecule has 0 fully saturated rings. The van der Waals surface area contributed by atoms with Gasteiger partial charge in [-0.15, -0.1) is 0 Å². The number of benzene rings is 7. The minimum atomic E-state index is 0.641. The van der Waals surface area contributed by atoms with E-state index in [1.807, 2.05) is 60.7 Å². The topological polar surface area (TPSA) is 38.7 Å².